The zero-order valence-corrected chi connectivity index (χ0v) is 16.4. The molecule has 0 N–H and O–H groups in total. The third-order valence-electron chi connectivity index (χ3n) is 6.18. The van der Waals surface area contributed by atoms with Gasteiger partial charge in [0.15, 0.2) is 5.65 Å². The Morgan fingerprint density at radius 3 is 2.90 bits per heavy atom. The highest BCUT2D eigenvalue weighted by molar-refractivity contribution is 5.84. The summed E-state index contributed by atoms with van der Waals surface area (Å²) in [5, 5.41) is 5.71. The largest absolute Gasteiger partial charge is 0.461 e. The molecular formula is C23H24N4O2. The lowest BCUT2D eigenvalue weighted by atomic mass is 10.0. The van der Waals surface area contributed by atoms with Crippen molar-refractivity contribution in [2.24, 2.45) is 0 Å². The topological polar surface area (TPSA) is 55.8 Å². The van der Waals surface area contributed by atoms with Gasteiger partial charge in [-0.25, -0.2) is 9.50 Å². The van der Waals surface area contributed by atoms with Gasteiger partial charge in [0.1, 0.15) is 11.3 Å². The minimum absolute atomic E-state index is 0.835. The molecule has 1 aliphatic carbocycles. The molecule has 3 aromatic heterocycles. The van der Waals surface area contributed by atoms with Crippen molar-refractivity contribution in [3.63, 3.8) is 0 Å². The first kappa shape index (κ1) is 17.2. The lowest BCUT2D eigenvalue weighted by molar-refractivity contribution is 0.0379. The fourth-order valence-electron chi connectivity index (χ4n) is 4.68. The predicted octanol–water partition coefficient (Wildman–Crippen LogP) is 3.51. The summed E-state index contributed by atoms with van der Waals surface area (Å²) in [5.74, 6) is 1.05. The van der Waals surface area contributed by atoms with Gasteiger partial charge in [0.2, 0.25) is 0 Å². The van der Waals surface area contributed by atoms with Gasteiger partial charge in [0, 0.05) is 54.3 Å². The van der Waals surface area contributed by atoms with Crippen LogP contribution in [0.15, 0.2) is 40.9 Å². The van der Waals surface area contributed by atoms with Crippen molar-refractivity contribution in [2.75, 3.05) is 32.8 Å². The average Bonchev–Trinajstić information content (AvgIpc) is 3.49. The van der Waals surface area contributed by atoms with Crippen molar-refractivity contribution >= 4 is 16.6 Å². The van der Waals surface area contributed by atoms with Crippen molar-refractivity contribution in [2.45, 2.75) is 25.7 Å². The van der Waals surface area contributed by atoms with E-state index in [-0.39, 0.29) is 0 Å². The smallest absolute Gasteiger partial charge is 0.155 e. The van der Waals surface area contributed by atoms with Crippen LogP contribution < -0.4 is 0 Å². The molecule has 29 heavy (non-hydrogen) atoms. The lowest BCUT2D eigenvalue weighted by Crippen LogP contribution is -2.37. The van der Waals surface area contributed by atoms with Crippen molar-refractivity contribution in [3.8, 4) is 11.3 Å². The van der Waals surface area contributed by atoms with Gasteiger partial charge in [-0.1, -0.05) is 0 Å². The summed E-state index contributed by atoms with van der Waals surface area (Å²) < 4.78 is 13.5. The van der Waals surface area contributed by atoms with Gasteiger partial charge in [0.05, 0.1) is 25.1 Å². The average molecular weight is 388 g/mol. The Kier molecular flexibility index (Phi) is 4.13. The standard InChI is InChI=1S/C23H24N4O2/c1-2-19-20(3-1)25-22-6-8-24-27(22)23(19)16-4-5-21-17(14-16)15-18(29-21)7-9-26-10-12-28-13-11-26/h4-6,8,14-15H,1-3,7,9-13H2. The minimum Gasteiger partial charge on any atom is -0.461 e. The molecule has 0 atom stereocenters. The second-order valence-electron chi connectivity index (χ2n) is 8.01. The van der Waals surface area contributed by atoms with E-state index in [0.29, 0.717) is 0 Å². The summed E-state index contributed by atoms with van der Waals surface area (Å²) in [6.45, 7) is 4.71. The van der Waals surface area contributed by atoms with Crippen LogP contribution in [0.2, 0.25) is 0 Å². The number of hydrogen-bond donors (Lipinski definition) is 0. The van der Waals surface area contributed by atoms with Gasteiger partial charge < -0.3 is 9.15 Å². The molecular weight excluding hydrogens is 364 g/mol. The summed E-state index contributed by atoms with van der Waals surface area (Å²) >= 11 is 0. The van der Waals surface area contributed by atoms with E-state index in [9.17, 15) is 0 Å². The number of aromatic nitrogens is 3. The van der Waals surface area contributed by atoms with Crippen LogP contribution in [0.4, 0.5) is 0 Å². The molecule has 0 saturated carbocycles. The van der Waals surface area contributed by atoms with E-state index in [2.05, 4.69) is 34.3 Å². The molecule has 1 saturated heterocycles. The Bertz CT molecular complexity index is 1190. The first-order valence-electron chi connectivity index (χ1n) is 10.5. The highest BCUT2D eigenvalue weighted by atomic mass is 16.5. The number of benzene rings is 1. The van der Waals surface area contributed by atoms with Crippen LogP contribution in [0.1, 0.15) is 23.4 Å². The van der Waals surface area contributed by atoms with Gasteiger partial charge in [-0.3, -0.25) is 4.90 Å². The highest BCUT2D eigenvalue weighted by Crippen LogP contribution is 2.34. The van der Waals surface area contributed by atoms with Crippen molar-refractivity contribution in [3.05, 3.63) is 53.5 Å². The second-order valence-corrected chi connectivity index (χ2v) is 8.01. The number of furan rings is 1. The molecule has 0 unspecified atom stereocenters. The van der Waals surface area contributed by atoms with E-state index >= 15 is 0 Å². The van der Waals surface area contributed by atoms with Crippen molar-refractivity contribution < 1.29 is 9.15 Å². The number of morpholine rings is 1. The molecule has 148 valence electrons. The van der Waals surface area contributed by atoms with Crippen molar-refractivity contribution in [1.82, 2.24) is 19.5 Å². The van der Waals surface area contributed by atoms with Crippen LogP contribution in [0.25, 0.3) is 27.9 Å². The zero-order chi connectivity index (χ0) is 19.2. The molecule has 6 rings (SSSR count). The number of ether oxygens (including phenoxy) is 1. The quantitative estimate of drug-likeness (QED) is 0.536. The summed E-state index contributed by atoms with van der Waals surface area (Å²) in [6.07, 6.45) is 6.06. The molecule has 2 aliphatic rings. The number of aryl methyl sites for hydroxylation is 1. The number of rotatable bonds is 4. The summed E-state index contributed by atoms with van der Waals surface area (Å²) in [6, 6.07) is 10.7. The van der Waals surface area contributed by atoms with E-state index < -0.39 is 0 Å². The normalized spacial score (nSPS) is 17.4. The van der Waals surface area contributed by atoms with Crippen molar-refractivity contribution in [1.29, 1.82) is 0 Å². The SMILES string of the molecule is c1cc2nc3c(c(-c4ccc5oc(CCN6CCOCC6)cc5c4)n2n1)CCC3. The molecule has 1 aliphatic heterocycles. The van der Waals surface area contributed by atoms with Gasteiger partial charge >= 0.3 is 0 Å². The first-order chi connectivity index (χ1) is 14.3. The van der Waals surface area contributed by atoms with Crippen LogP contribution in [0, 0.1) is 0 Å². The van der Waals surface area contributed by atoms with Crippen LogP contribution in [0.3, 0.4) is 0 Å². The maximum absolute atomic E-state index is 6.12. The monoisotopic (exact) mass is 388 g/mol. The molecule has 6 nitrogen and oxygen atoms in total. The molecule has 0 bridgehead atoms. The first-order valence-corrected chi connectivity index (χ1v) is 10.5. The highest BCUT2D eigenvalue weighted by Gasteiger charge is 2.22. The van der Waals surface area contributed by atoms with E-state index in [1.165, 1.54) is 28.9 Å². The van der Waals surface area contributed by atoms with Gasteiger partial charge in [0.25, 0.3) is 0 Å². The third kappa shape index (κ3) is 3.03. The fraction of sp³-hybridized carbons (Fsp3) is 0.391. The summed E-state index contributed by atoms with van der Waals surface area (Å²) in [5.41, 5.74) is 6.83. The number of hydrogen-bond acceptors (Lipinski definition) is 5. The maximum atomic E-state index is 6.12. The number of fused-ring (bicyclic) bond motifs is 3. The molecule has 1 aromatic carbocycles. The van der Waals surface area contributed by atoms with Gasteiger partial charge in [-0.15, -0.1) is 0 Å². The Morgan fingerprint density at radius 2 is 1.97 bits per heavy atom. The Balaban J connectivity index is 1.35. The Labute approximate surface area is 169 Å². The van der Waals surface area contributed by atoms with Gasteiger partial charge in [-0.2, -0.15) is 5.10 Å². The summed E-state index contributed by atoms with van der Waals surface area (Å²) in [7, 11) is 0. The molecule has 4 aromatic rings. The predicted molar refractivity (Wildman–Crippen MR) is 111 cm³/mol. The number of nitrogens with zero attached hydrogens (tertiary/aromatic N) is 4. The molecule has 0 amide bonds. The van der Waals surface area contributed by atoms with Gasteiger partial charge in [-0.05, 0) is 43.5 Å². The van der Waals surface area contributed by atoms with E-state index in [4.69, 9.17) is 14.1 Å². The third-order valence-corrected chi connectivity index (χ3v) is 6.18. The van der Waals surface area contributed by atoms with E-state index in [1.807, 2.05) is 16.8 Å². The Hall–Kier alpha value is -2.70. The Morgan fingerprint density at radius 1 is 1.03 bits per heavy atom. The maximum Gasteiger partial charge on any atom is 0.155 e. The summed E-state index contributed by atoms with van der Waals surface area (Å²) in [4.78, 5) is 7.25. The lowest BCUT2D eigenvalue weighted by Gasteiger charge is -2.25. The fourth-order valence-corrected chi connectivity index (χ4v) is 4.68. The zero-order valence-electron chi connectivity index (χ0n) is 16.4. The molecule has 0 radical (unpaired) electrons. The van der Waals surface area contributed by atoms with Crippen LogP contribution in [0.5, 0.6) is 0 Å². The molecule has 4 heterocycles. The van der Waals surface area contributed by atoms with Crippen LogP contribution >= 0.6 is 0 Å². The molecule has 0 spiro atoms. The molecule has 1 fully saturated rings. The van der Waals surface area contributed by atoms with E-state index in [0.717, 1.165) is 74.5 Å². The molecule has 6 heteroatoms. The second kappa shape index (κ2) is 6.97. The van der Waals surface area contributed by atoms with E-state index in [1.54, 1.807) is 0 Å². The minimum atomic E-state index is 0.835. The van der Waals surface area contributed by atoms with Crippen LogP contribution in [-0.4, -0.2) is 52.3 Å². The van der Waals surface area contributed by atoms with Crippen LogP contribution in [-0.2, 0) is 24.0 Å².